The summed E-state index contributed by atoms with van der Waals surface area (Å²) in [6, 6.07) is 23.3. The zero-order valence-electron chi connectivity index (χ0n) is 19.4. The maximum absolute atomic E-state index is 11.1. The van der Waals surface area contributed by atoms with Crippen LogP contribution in [-0.4, -0.2) is 35.8 Å². The van der Waals surface area contributed by atoms with E-state index in [1.807, 2.05) is 73.7 Å². The highest BCUT2D eigenvalue weighted by Crippen LogP contribution is 2.37. The molecule has 0 aliphatic heterocycles. The number of carbonyl (C=O) groups is 1. The van der Waals surface area contributed by atoms with Crippen LogP contribution in [0.5, 0.6) is 17.2 Å². The van der Waals surface area contributed by atoms with Gasteiger partial charge in [-0.1, -0.05) is 67.6 Å². The Morgan fingerprint density at radius 1 is 0.853 bits per heavy atom. The molecule has 0 aromatic heterocycles. The zero-order chi connectivity index (χ0) is 24.2. The summed E-state index contributed by atoms with van der Waals surface area (Å²) >= 11 is 0. The van der Waals surface area contributed by atoms with Gasteiger partial charge in [0.2, 0.25) is 0 Å². The number of ether oxygens (including phenoxy) is 3. The second kappa shape index (κ2) is 13.4. The molecule has 3 aromatic carbocycles. The fraction of sp³-hybridized carbons (Fsp3) is 0.321. The molecule has 0 saturated heterocycles. The van der Waals surface area contributed by atoms with Crippen LogP contribution >= 0.6 is 0 Å². The van der Waals surface area contributed by atoms with E-state index < -0.39 is 12.7 Å². The first kappa shape index (κ1) is 25.3. The first-order chi connectivity index (χ1) is 16.6. The largest absolute Gasteiger partial charge is 0.490 e. The summed E-state index contributed by atoms with van der Waals surface area (Å²) < 4.78 is 18.1. The second-order valence-electron chi connectivity index (χ2n) is 8.31. The molecule has 2 N–H and O–H groups in total. The van der Waals surface area contributed by atoms with Crippen molar-refractivity contribution < 1.29 is 29.2 Å². The van der Waals surface area contributed by atoms with Gasteiger partial charge in [-0.05, 0) is 23.5 Å². The highest BCUT2D eigenvalue weighted by Gasteiger charge is 2.19. The molecule has 34 heavy (non-hydrogen) atoms. The molecular formula is C28H32O6. The molecule has 0 bridgehead atoms. The fourth-order valence-electron chi connectivity index (χ4n) is 3.45. The summed E-state index contributed by atoms with van der Waals surface area (Å²) in [5.41, 5.74) is 2.83. The molecule has 0 fully saturated rings. The van der Waals surface area contributed by atoms with Crippen molar-refractivity contribution in [2.75, 3.05) is 13.2 Å². The monoisotopic (exact) mass is 464 g/mol. The van der Waals surface area contributed by atoms with Crippen molar-refractivity contribution in [3.05, 3.63) is 89.5 Å². The van der Waals surface area contributed by atoms with Crippen LogP contribution in [0.15, 0.2) is 72.8 Å². The number of aldehydes is 1. The average Bonchev–Trinajstić information content (AvgIpc) is 2.87. The average molecular weight is 465 g/mol. The predicted molar refractivity (Wildman–Crippen MR) is 130 cm³/mol. The van der Waals surface area contributed by atoms with Crippen LogP contribution in [0.3, 0.4) is 0 Å². The first-order valence-corrected chi connectivity index (χ1v) is 11.4. The molecule has 3 aromatic rings. The molecule has 0 saturated carbocycles. The lowest BCUT2D eigenvalue weighted by Gasteiger charge is -2.21. The van der Waals surface area contributed by atoms with E-state index in [9.17, 15) is 15.0 Å². The van der Waals surface area contributed by atoms with Gasteiger partial charge in [0.05, 0.1) is 6.61 Å². The van der Waals surface area contributed by atoms with E-state index in [1.54, 1.807) is 6.07 Å². The molecule has 6 heteroatoms. The number of aliphatic hydroxyl groups is 2. The molecule has 0 radical (unpaired) electrons. The van der Waals surface area contributed by atoms with Crippen LogP contribution in [0.4, 0.5) is 0 Å². The minimum absolute atomic E-state index is 0.0674. The first-order valence-electron chi connectivity index (χ1n) is 11.4. The Kier molecular flexibility index (Phi) is 9.95. The Balaban J connectivity index is 1.92. The molecule has 3 rings (SSSR count). The zero-order valence-corrected chi connectivity index (χ0v) is 19.4. The Labute approximate surface area is 200 Å². The van der Waals surface area contributed by atoms with Crippen LogP contribution in [-0.2, 0) is 24.4 Å². The fourth-order valence-corrected chi connectivity index (χ4v) is 3.45. The van der Waals surface area contributed by atoms with Gasteiger partial charge in [0.25, 0.3) is 0 Å². The highest BCUT2D eigenvalue weighted by atomic mass is 16.5. The highest BCUT2D eigenvalue weighted by molar-refractivity contribution is 5.53. The minimum Gasteiger partial charge on any atom is -0.490 e. The van der Waals surface area contributed by atoms with Gasteiger partial charge >= 0.3 is 0 Å². The van der Waals surface area contributed by atoms with Gasteiger partial charge in [-0.2, -0.15) is 0 Å². The topological polar surface area (TPSA) is 85.2 Å². The van der Waals surface area contributed by atoms with Crippen LogP contribution in [0.25, 0.3) is 0 Å². The number of aliphatic hydroxyl groups excluding tert-OH is 2. The van der Waals surface area contributed by atoms with Crippen molar-refractivity contribution in [2.24, 2.45) is 5.92 Å². The van der Waals surface area contributed by atoms with Crippen molar-refractivity contribution in [3.63, 3.8) is 0 Å². The summed E-state index contributed by atoms with van der Waals surface area (Å²) in [6.45, 7) is 2.24. The summed E-state index contributed by atoms with van der Waals surface area (Å²) in [5.74, 6) is 1.73. The maximum Gasteiger partial charge on any atom is 0.130 e. The Bertz CT molecular complexity index is 1010. The van der Waals surface area contributed by atoms with Gasteiger partial charge in [-0.15, -0.1) is 0 Å². The quantitative estimate of drug-likeness (QED) is 0.345. The Hall–Kier alpha value is -3.35. The summed E-state index contributed by atoms with van der Waals surface area (Å²) in [6.07, 6.45) is 0.848. The van der Waals surface area contributed by atoms with Crippen molar-refractivity contribution in [1.82, 2.24) is 0 Å². The van der Waals surface area contributed by atoms with Gasteiger partial charge in [0.1, 0.15) is 49.5 Å². The smallest absolute Gasteiger partial charge is 0.130 e. The standard InChI is InChI=1S/C28H32O6/c1-21(12-13-29)14-26-27(33-19-23-10-6-3-7-11-23)15-25(16-28(26)34-20-24(31)17-30)32-18-22-8-4-2-5-9-22/h2-11,13,15-16,21,24,30-31H,12,14,17-20H2,1H3/t21-,24?/m0/s1. The Morgan fingerprint density at radius 2 is 1.41 bits per heavy atom. The van der Waals surface area contributed by atoms with Crippen molar-refractivity contribution in [2.45, 2.75) is 39.1 Å². The Morgan fingerprint density at radius 3 is 1.97 bits per heavy atom. The van der Waals surface area contributed by atoms with E-state index in [1.165, 1.54) is 0 Å². The van der Waals surface area contributed by atoms with Gasteiger partial charge in [0, 0.05) is 24.1 Å². The number of carbonyl (C=O) groups excluding carboxylic acids is 1. The van der Waals surface area contributed by atoms with E-state index in [-0.39, 0.29) is 12.5 Å². The molecule has 180 valence electrons. The summed E-state index contributed by atoms with van der Waals surface area (Å²) in [4.78, 5) is 11.1. The number of hydrogen-bond donors (Lipinski definition) is 2. The van der Waals surface area contributed by atoms with Gasteiger partial charge in [-0.3, -0.25) is 0 Å². The van der Waals surface area contributed by atoms with Gasteiger partial charge < -0.3 is 29.2 Å². The predicted octanol–water partition coefficient (Wildman–Crippen LogP) is 4.34. The van der Waals surface area contributed by atoms with E-state index in [0.717, 1.165) is 23.0 Å². The molecule has 0 amide bonds. The lowest BCUT2D eigenvalue weighted by atomic mass is 9.97. The minimum atomic E-state index is -1.01. The molecule has 1 unspecified atom stereocenters. The second-order valence-corrected chi connectivity index (χ2v) is 8.31. The van der Waals surface area contributed by atoms with Crippen LogP contribution in [0.2, 0.25) is 0 Å². The van der Waals surface area contributed by atoms with E-state index in [4.69, 9.17) is 14.2 Å². The van der Waals surface area contributed by atoms with Crippen molar-refractivity contribution in [3.8, 4) is 17.2 Å². The van der Waals surface area contributed by atoms with Crippen molar-refractivity contribution in [1.29, 1.82) is 0 Å². The lowest BCUT2D eigenvalue weighted by Crippen LogP contribution is -2.22. The SMILES string of the molecule is C[C@@H](CC=O)Cc1c(OCc2ccccc2)cc(OCc2ccccc2)cc1OCC(O)CO. The third kappa shape index (κ3) is 7.90. The van der Waals surface area contributed by atoms with Crippen LogP contribution in [0.1, 0.15) is 30.0 Å². The number of rotatable bonds is 14. The molecule has 0 aliphatic rings. The van der Waals surface area contributed by atoms with E-state index in [0.29, 0.717) is 43.3 Å². The van der Waals surface area contributed by atoms with Gasteiger partial charge in [-0.25, -0.2) is 0 Å². The van der Waals surface area contributed by atoms with Crippen LogP contribution in [0, 0.1) is 5.92 Å². The normalized spacial score (nSPS) is 12.6. The third-order valence-corrected chi connectivity index (χ3v) is 5.32. The van der Waals surface area contributed by atoms with Crippen LogP contribution < -0.4 is 14.2 Å². The number of benzene rings is 3. The maximum atomic E-state index is 11.1. The number of hydrogen-bond acceptors (Lipinski definition) is 6. The van der Waals surface area contributed by atoms with E-state index in [2.05, 4.69) is 0 Å². The summed E-state index contributed by atoms with van der Waals surface area (Å²) in [7, 11) is 0. The van der Waals surface area contributed by atoms with E-state index >= 15 is 0 Å². The third-order valence-electron chi connectivity index (χ3n) is 5.32. The summed E-state index contributed by atoms with van der Waals surface area (Å²) in [5, 5.41) is 19.0. The molecule has 0 heterocycles. The molecular weight excluding hydrogens is 432 g/mol. The van der Waals surface area contributed by atoms with Crippen molar-refractivity contribution >= 4 is 6.29 Å². The van der Waals surface area contributed by atoms with Gasteiger partial charge in [0.15, 0.2) is 0 Å². The molecule has 2 atom stereocenters. The lowest BCUT2D eigenvalue weighted by molar-refractivity contribution is -0.108. The molecule has 0 aliphatic carbocycles. The molecule has 6 nitrogen and oxygen atoms in total. The molecule has 0 spiro atoms.